The number of likely N-dealkylation sites (N-methyl/N-ethyl adjacent to an activating group) is 1. The summed E-state index contributed by atoms with van der Waals surface area (Å²) in [4.78, 5) is 44.6. The summed E-state index contributed by atoms with van der Waals surface area (Å²) in [5.74, 6) is -0.110. The maximum Gasteiger partial charge on any atom is 0.330 e. The largest absolute Gasteiger partial charge is 0.383 e. The molecule has 0 saturated carbocycles. The molecule has 1 aromatic heterocycles. The number of aromatic amines is 1. The number of hydrogen-bond acceptors (Lipinski definition) is 5. The first kappa shape index (κ1) is 20.4. The Hall–Kier alpha value is -2.91. The molecule has 30 heavy (non-hydrogen) atoms. The van der Waals surface area contributed by atoms with Gasteiger partial charge in [-0.25, -0.2) is 4.79 Å². The van der Waals surface area contributed by atoms with Crippen molar-refractivity contribution < 1.29 is 9.28 Å². The third-order valence-corrected chi connectivity index (χ3v) is 6.43. The van der Waals surface area contributed by atoms with Crippen molar-refractivity contribution in [2.75, 3.05) is 63.0 Å². The summed E-state index contributed by atoms with van der Waals surface area (Å²) >= 11 is 0. The SMILES string of the molecule is CCN(C(=O)C[N+]12CCN(CC1)CC2)c1c(N)n(Cc2ccccc2)c(=O)[nH]c1=O. The maximum absolute atomic E-state index is 13.3. The fourth-order valence-corrected chi connectivity index (χ4v) is 4.56. The van der Waals surface area contributed by atoms with Gasteiger partial charge in [0.25, 0.3) is 11.5 Å². The Labute approximate surface area is 174 Å². The molecule has 4 heterocycles. The van der Waals surface area contributed by atoms with Crippen LogP contribution >= 0.6 is 0 Å². The summed E-state index contributed by atoms with van der Waals surface area (Å²) in [6.07, 6.45) is 0. The summed E-state index contributed by atoms with van der Waals surface area (Å²) in [5, 5.41) is 0. The first-order valence-electron chi connectivity index (χ1n) is 10.5. The molecule has 3 fully saturated rings. The Morgan fingerprint density at radius 1 is 1.13 bits per heavy atom. The molecular formula is C21H29N6O3+. The van der Waals surface area contributed by atoms with E-state index in [1.165, 1.54) is 9.47 Å². The number of piperazine rings is 3. The molecule has 0 atom stereocenters. The van der Waals surface area contributed by atoms with Crippen molar-refractivity contribution in [3.05, 3.63) is 56.7 Å². The van der Waals surface area contributed by atoms with E-state index in [9.17, 15) is 14.4 Å². The number of hydrogen-bond donors (Lipinski definition) is 2. The van der Waals surface area contributed by atoms with Gasteiger partial charge in [0.15, 0.2) is 12.2 Å². The molecule has 0 radical (unpaired) electrons. The van der Waals surface area contributed by atoms with Crippen molar-refractivity contribution in [1.82, 2.24) is 14.5 Å². The minimum Gasteiger partial charge on any atom is -0.383 e. The van der Waals surface area contributed by atoms with Gasteiger partial charge >= 0.3 is 5.69 Å². The zero-order valence-electron chi connectivity index (χ0n) is 17.3. The molecule has 3 aliphatic heterocycles. The predicted octanol–water partition coefficient (Wildman–Crippen LogP) is -0.334. The Balaban J connectivity index is 1.65. The Bertz CT molecular complexity index is 1020. The van der Waals surface area contributed by atoms with Crippen molar-refractivity contribution in [3.63, 3.8) is 0 Å². The average Bonchev–Trinajstić information content (AvgIpc) is 2.75. The first-order valence-corrected chi connectivity index (χ1v) is 10.5. The van der Waals surface area contributed by atoms with Crippen molar-refractivity contribution in [2.45, 2.75) is 13.5 Å². The van der Waals surface area contributed by atoms with Gasteiger partial charge in [0, 0.05) is 26.2 Å². The van der Waals surface area contributed by atoms with Gasteiger partial charge < -0.3 is 10.2 Å². The molecule has 9 nitrogen and oxygen atoms in total. The fourth-order valence-electron chi connectivity index (χ4n) is 4.56. The van der Waals surface area contributed by atoms with Crippen LogP contribution in [0.4, 0.5) is 11.5 Å². The number of H-pyrrole nitrogens is 1. The number of carbonyl (C=O) groups is 1. The zero-order chi connectivity index (χ0) is 21.3. The van der Waals surface area contributed by atoms with E-state index in [2.05, 4.69) is 9.88 Å². The third-order valence-electron chi connectivity index (χ3n) is 6.43. The lowest BCUT2D eigenvalue weighted by atomic mass is 10.1. The van der Waals surface area contributed by atoms with E-state index in [0.717, 1.165) is 49.3 Å². The van der Waals surface area contributed by atoms with Gasteiger partial charge in [0.05, 0.1) is 26.2 Å². The number of fused-ring (bicyclic) bond motifs is 3. The summed E-state index contributed by atoms with van der Waals surface area (Å²) in [6.45, 7) is 8.54. The van der Waals surface area contributed by atoms with E-state index in [1.807, 2.05) is 37.3 Å². The van der Waals surface area contributed by atoms with Crippen LogP contribution in [0.1, 0.15) is 12.5 Å². The molecule has 160 valence electrons. The van der Waals surface area contributed by atoms with Gasteiger partial charge in [0.2, 0.25) is 0 Å². The van der Waals surface area contributed by atoms with Crippen LogP contribution in [0.15, 0.2) is 39.9 Å². The Morgan fingerprint density at radius 3 is 2.37 bits per heavy atom. The van der Waals surface area contributed by atoms with Crippen LogP contribution in [0.5, 0.6) is 0 Å². The van der Waals surface area contributed by atoms with Crippen LogP contribution < -0.4 is 21.9 Å². The van der Waals surface area contributed by atoms with E-state index in [-0.39, 0.29) is 24.0 Å². The molecule has 0 aliphatic carbocycles. The Morgan fingerprint density at radius 2 is 1.77 bits per heavy atom. The second-order valence-corrected chi connectivity index (χ2v) is 8.22. The molecule has 0 spiro atoms. The summed E-state index contributed by atoms with van der Waals surface area (Å²) in [5.41, 5.74) is 6.03. The summed E-state index contributed by atoms with van der Waals surface area (Å²) in [7, 11) is 0. The molecule has 2 aromatic rings. The van der Waals surface area contributed by atoms with Gasteiger partial charge in [-0.3, -0.25) is 28.9 Å². The number of carbonyl (C=O) groups excluding carboxylic acids is 1. The van der Waals surface area contributed by atoms with Crippen LogP contribution in [0, 0.1) is 0 Å². The van der Waals surface area contributed by atoms with E-state index >= 15 is 0 Å². The number of quaternary nitrogens is 1. The first-order chi connectivity index (χ1) is 14.4. The maximum atomic E-state index is 13.3. The molecule has 5 rings (SSSR count). The summed E-state index contributed by atoms with van der Waals surface area (Å²) < 4.78 is 2.07. The van der Waals surface area contributed by atoms with Gasteiger partial charge in [-0.05, 0) is 12.5 Å². The molecule has 3 saturated heterocycles. The van der Waals surface area contributed by atoms with E-state index in [4.69, 9.17) is 5.73 Å². The quantitative estimate of drug-likeness (QED) is 0.631. The molecule has 1 aromatic carbocycles. The van der Waals surface area contributed by atoms with Crippen LogP contribution in [0.25, 0.3) is 0 Å². The number of anilines is 2. The number of nitrogens with two attached hydrogens (primary N) is 1. The molecular weight excluding hydrogens is 384 g/mol. The van der Waals surface area contributed by atoms with Gasteiger partial charge in [-0.2, -0.15) is 0 Å². The molecule has 1 amide bonds. The van der Waals surface area contributed by atoms with E-state index in [1.54, 1.807) is 0 Å². The van der Waals surface area contributed by atoms with Crippen molar-refractivity contribution >= 4 is 17.4 Å². The van der Waals surface area contributed by atoms with E-state index in [0.29, 0.717) is 13.1 Å². The second-order valence-electron chi connectivity index (χ2n) is 8.22. The smallest absolute Gasteiger partial charge is 0.330 e. The summed E-state index contributed by atoms with van der Waals surface area (Å²) in [6, 6.07) is 9.39. The molecule has 0 unspecified atom stereocenters. The lowest BCUT2D eigenvalue weighted by molar-refractivity contribution is -0.933. The molecule has 2 bridgehead atoms. The van der Waals surface area contributed by atoms with Crippen molar-refractivity contribution in [2.24, 2.45) is 0 Å². The number of rotatable bonds is 6. The number of amides is 1. The van der Waals surface area contributed by atoms with Crippen LogP contribution in [0.2, 0.25) is 0 Å². The molecule has 3 aliphatic rings. The van der Waals surface area contributed by atoms with Crippen LogP contribution in [-0.2, 0) is 11.3 Å². The van der Waals surface area contributed by atoms with Gasteiger partial charge in [-0.1, -0.05) is 30.3 Å². The lowest BCUT2D eigenvalue weighted by Gasteiger charge is -2.50. The monoisotopic (exact) mass is 413 g/mol. The number of nitrogens with one attached hydrogen (secondary N) is 1. The minimum absolute atomic E-state index is 0.0197. The van der Waals surface area contributed by atoms with Crippen molar-refractivity contribution in [1.29, 1.82) is 0 Å². The fraction of sp³-hybridized carbons (Fsp3) is 0.476. The van der Waals surface area contributed by atoms with Crippen LogP contribution in [-0.4, -0.2) is 77.2 Å². The highest BCUT2D eigenvalue weighted by Crippen LogP contribution is 2.22. The lowest BCUT2D eigenvalue weighted by Crippen LogP contribution is -2.69. The standard InChI is InChI=1S/C21H28N6O3/c1-2-25(17(28)15-27-11-8-24(9-12-27)10-13-27)18-19(22)26(21(30)23-20(18)29)14-16-6-4-3-5-7-16/h3-7H,2,8-15H2,1H3,(H2-,22,23,29,30)/p+1. The van der Waals surface area contributed by atoms with Crippen LogP contribution in [0.3, 0.4) is 0 Å². The normalized spacial score (nSPS) is 22.8. The van der Waals surface area contributed by atoms with E-state index < -0.39 is 11.2 Å². The Kier molecular flexibility index (Phi) is 5.48. The van der Waals surface area contributed by atoms with Gasteiger partial charge in [-0.15, -0.1) is 0 Å². The highest BCUT2D eigenvalue weighted by molar-refractivity contribution is 5.96. The van der Waals surface area contributed by atoms with Gasteiger partial charge in [0.1, 0.15) is 5.82 Å². The predicted molar refractivity (Wildman–Crippen MR) is 115 cm³/mol. The molecule has 9 heteroatoms. The number of aromatic nitrogens is 2. The highest BCUT2D eigenvalue weighted by Gasteiger charge is 2.41. The number of benzene rings is 1. The third kappa shape index (κ3) is 3.78. The zero-order valence-corrected chi connectivity index (χ0v) is 17.3. The molecule has 3 N–H and O–H groups in total. The topological polar surface area (TPSA) is 104 Å². The number of nitrogens with zero attached hydrogens (tertiary/aromatic N) is 4. The number of nitrogen functional groups attached to an aromatic ring is 1. The minimum atomic E-state index is -0.625. The highest BCUT2D eigenvalue weighted by atomic mass is 16.2. The second kappa shape index (κ2) is 8.08. The van der Waals surface area contributed by atoms with Crippen molar-refractivity contribution in [3.8, 4) is 0 Å². The average molecular weight is 414 g/mol.